The third-order valence-electron chi connectivity index (χ3n) is 3.67. The van der Waals surface area contributed by atoms with Crippen molar-refractivity contribution in [3.05, 3.63) is 52.3 Å². The molecule has 0 unspecified atom stereocenters. The van der Waals surface area contributed by atoms with Crippen molar-refractivity contribution >= 4 is 21.8 Å². The number of carbonyl (C=O) groups is 1. The second-order valence-corrected chi connectivity index (χ2v) is 7.19. The summed E-state index contributed by atoms with van der Waals surface area (Å²) in [6.07, 6.45) is 4.03. The number of nitrogens with one attached hydrogen (secondary N) is 1. The number of benzene rings is 1. The second kappa shape index (κ2) is 6.81. The highest BCUT2D eigenvalue weighted by Crippen LogP contribution is 2.41. The summed E-state index contributed by atoms with van der Waals surface area (Å²) in [6, 6.07) is 7.63. The summed E-state index contributed by atoms with van der Waals surface area (Å²) in [5.41, 5.74) is 1.46. The Morgan fingerprint density at radius 1 is 1.42 bits per heavy atom. The van der Waals surface area contributed by atoms with Crippen LogP contribution in [0, 0.1) is 0 Å². The Morgan fingerprint density at radius 3 is 3.04 bits per heavy atom. The number of hydrogen-bond acceptors (Lipinski definition) is 4. The summed E-state index contributed by atoms with van der Waals surface area (Å²) in [7, 11) is 0. The van der Waals surface area contributed by atoms with E-state index in [2.05, 4.69) is 46.1 Å². The van der Waals surface area contributed by atoms with Crippen molar-refractivity contribution in [1.82, 2.24) is 10.3 Å². The molecule has 1 aromatic carbocycles. The average molecular weight is 391 g/mol. The lowest BCUT2D eigenvalue weighted by atomic mass is 10.0. The molecule has 0 saturated carbocycles. The van der Waals surface area contributed by atoms with Crippen LogP contribution >= 0.6 is 15.9 Å². The van der Waals surface area contributed by atoms with Gasteiger partial charge in [0.2, 0.25) is 0 Å². The van der Waals surface area contributed by atoms with E-state index in [4.69, 9.17) is 9.47 Å². The Kier molecular flexibility index (Phi) is 4.76. The van der Waals surface area contributed by atoms with Crippen LogP contribution in [0.2, 0.25) is 0 Å². The fourth-order valence-corrected chi connectivity index (χ4v) is 3.03. The van der Waals surface area contributed by atoms with Crippen LogP contribution in [0.25, 0.3) is 0 Å². The Morgan fingerprint density at radius 2 is 2.25 bits per heavy atom. The van der Waals surface area contributed by atoms with Gasteiger partial charge in [-0.15, -0.1) is 0 Å². The number of nitrogens with zero attached hydrogens (tertiary/aromatic N) is 1. The fraction of sp³-hybridized carbons (Fsp3) is 0.333. The molecule has 0 bridgehead atoms. The first-order valence-electron chi connectivity index (χ1n) is 7.77. The minimum absolute atomic E-state index is 0.178. The van der Waals surface area contributed by atoms with Crippen molar-refractivity contribution < 1.29 is 14.3 Å². The zero-order valence-corrected chi connectivity index (χ0v) is 15.2. The SMILES string of the molecule is CC1(C)Cc2cccc(OCCNC(=O)c3cncc(Br)c3)c2O1. The van der Waals surface area contributed by atoms with E-state index in [0.717, 1.165) is 28.0 Å². The average Bonchev–Trinajstić information content (AvgIpc) is 2.86. The fourth-order valence-electron chi connectivity index (χ4n) is 2.66. The summed E-state index contributed by atoms with van der Waals surface area (Å²) in [5, 5.41) is 2.81. The van der Waals surface area contributed by atoms with Gasteiger partial charge < -0.3 is 14.8 Å². The molecule has 1 aromatic heterocycles. The van der Waals surface area contributed by atoms with Gasteiger partial charge in [-0.2, -0.15) is 0 Å². The maximum absolute atomic E-state index is 12.0. The van der Waals surface area contributed by atoms with Gasteiger partial charge in [0, 0.05) is 28.9 Å². The molecule has 1 amide bonds. The molecule has 24 heavy (non-hydrogen) atoms. The van der Waals surface area contributed by atoms with E-state index in [9.17, 15) is 4.79 Å². The first kappa shape index (κ1) is 16.8. The Bertz CT molecular complexity index is 762. The zero-order valence-electron chi connectivity index (χ0n) is 13.6. The molecule has 0 fully saturated rings. The lowest BCUT2D eigenvalue weighted by Crippen LogP contribution is -2.28. The molecule has 6 heteroatoms. The van der Waals surface area contributed by atoms with Gasteiger partial charge in [0.25, 0.3) is 5.91 Å². The van der Waals surface area contributed by atoms with Crippen molar-refractivity contribution in [3.8, 4) is 11.5 Å². The number of hydrogen-bond donors (Lipinski definition) is 1. The molecule has 0 atom stereocenters. The monoisotopic (exact) mass is 390 g/mol. The topological polar surface area (TPSA) is 60.5 Å². The smallest absolute Gasteiger partial charge is 0.253 e. The molecule has 1 aliphatic rings. The number of halogens is 1. The van der Waals surface area contributed by atoms with Crippen LogP contribution in [-0.4, -0.2) is 29.6 Å². The van der Waals surface area contributed by atoms with Crippen LogP contribution in [-0.2, 0) is 6.42 Å². The lowest BCUT2D eigenvalue weighted by molar-refractivity contribution is 0.0946. The van der Waals surface area contributed by atoms with Crippen molar-refractivity contribution in [3.63, 3.8) is 0 Å². The maximum Gasteiger partial charge on any atom is 0.253 e. The molecule has 0 spiro atoms. The number of rotatable bonds is 5. The minimum Gasteiger partial charge on any atom is -0.488 e. The molecule has 1 N–H and O–H groups in total. The van der Waals surface area contributed by atoms with Gasteiger partial charge in [0.1, 0.15) is 12.2 Å². The number of ether oxygens (including phenoxy) is 2. The summed E-state index contributed by atoms with van der Waals surface area (Å²) < 4.78 is 12.5. The van der Waals surface area contributed by atoms with Crippen molar-refractivity contribution in [1.29, 1.82) is 0 Å². The van der Waals surface area contributed by atoms with E-state index in [-0.39, 0.29) is 11.5 Å². The molecule has 0 radical (unpaired) electrons. The van der Waals surface area contributed by atoms with Crippen LogP contribution in [0.3, 0.4) is 0 Å². The van der Waals surface area contributed by atoms with Crippen LogP contribution in [0.5, 0.6) is 11.5 Å². The largest absolute Gasteiger partial charge is 0.488 e. The van der Waals surface area contributed by atoms with E-state index in [0.29, 0.717) is 18.7 Å². The lowest BCUT2D eigenvalue weighted by Gasteiger charge is -2.18. The number of amides is 1. The predicted molar refractivity (Wildman–Crippen MR) is 94.6 cm³/mol. The second-order valence-electron chi connectivity index (χ2n) is 6.28. The van der Waals surface area contributed by atoms with Crippen LogP contribution in [0.1, 0.15) is 29.8 Å². The van der Waals surface area contributed by atoms with E-state index < -0.39 is 0 Å². The number of aromatic nitrogens is 1. The Labute approximate surface area is 149 Å². The van der Waals surface area contributed by atoms with Crippen LogP contribution < -0.4 is 14.8 Å². The van der Waals surface area contributed by atoms with Crippen molar-refractivity contribution in [2.24, 2.45) is 0 Å². The molecule has 126 valence electrons. The van der Waals surface area contributed by atoms with Gasteiger partial charge in [0.15, 0.2) is 11.5 Å². The molecule has 5 nitrogen and oxygen atoms in total. The van der Waals surface area contributed by atoms with Gasteiger partial charge in [-0.25, -0.2) is 0 Å². The molecule has 2 heterocycles. The van der Waals surface area contributed by atoms with E-state index in [1.54, 1.807) is 12.3 Å². The molecule has 2 aromatic rings. The van der Waals surface area contributed by atoms with E-state index >= 15 is 0 Å². The predicted octanol–water partition coefficient (Wildman–Crippen LogP) is 3.37. The van der Waals surface area contributed by atoms with Gasteiger partial charge in [-0.3, -0.25) is 9.78 Å². The van der Waals surface area contributed by atoms with Crippen molar-refractivity contribution in [2.45, 2.75) is 25.9 Å². The molecular weight excluding hydrogens is 372 g/mol. The Hall–Kier alpha value is -2.08. The normalized spacial score (nSPS) is 14.6. The Balaban J connectivity index is 1.53. The van der Waals surface area contributed by atoms with Gasteiger partial charge >= 0.3 is 0 Å². The third kappa shape index (κ3) is 3.87. The molecule has 0 saturated heterocycles. The first-order chi connectivity index (χ1) is 11.4. The summed E-state index contributed by atoms with van der Waals surface area (Å²) in [4.78, 5) is 16.0. The highest BCUT2D eigenvalue weighted by atomic mass is 79.9. The van der Waals surface area contributed by atoms with Gasteiger partial charge in [0.05, 0.1) is 12.1 Å². The van der Waals surface area contributed by atoms with Crippen LogP contribution in [0.15, 0.2) is 41.1 Å². The maximum atomic E-state index is 12.0. The molecular formula is C18H19BrN2O3. The van der Waals surface area contributed by atoms with Crippen LogP contribution in [0.4, 0.5) is 0 Å². The molecule has 1 aliphatic heterocycles. The molecule has 3 rings (SSSR count). The van der Waals surface area contributed by atoms with Gasteiger partial charge in [-0.05, 0) is 41.9 Å². The first-order valence-corrected chi connectivity index (χ1v) is 8.56. The minimum atomic E-state index is -0.205. The van der Waals surface area contributed by atoms with Gasteiger partial charge in [-0.1, -0.05) is 12.1 Å². The number of carbonyl (C=O) groups excluding carboxylic acids is 1. The highest BCUT2D eigenvalue weighted by Gasteiger charge is 2.32. The highest BCUT2D eigenvalue weighted by molar-refractivity contribution is 9.10. The summed E-state index contributed by atoms with van der Waals surface area (Å²) >= 11 is 3.30. The zero-order chi connectivity index (χ0) is 17.2. The standard InChI is InChI=1S/C18H19BrN2O3/c1-18(2)9-12-4-3-5-15(16(12)24-18)23-7-6-21-17(22)13-8-14(19)11-20-10-13/h3-5,8,10-11H,6-7,9H2,1-2H3,(H,21,22). The third-order valence-corrected chi connectivity index (χ3v) is 4.10. The summed E-state index contributed by atoms with van der Waals surface area (Å²) in [6.45, 7) is 4.89. The van der Waals surface area contributed by atoms with E-state index in [1.807, 2.05) is 12.1 Å². The number of fused-ring (bicyclic) bond motifs is 1. The van der Waals surface area contributed by atoms with E-state index in [1.165, 1.54) is 6.20 Å². The summed E-state index contributed by atoms with van der Waals surface area (Å²) in [5.74, 6) is 1.35. The van der Waals surface area contributed by atoms with Crippen molar-refractivity contribution in [2.75, 3.05) is 13.2 Å². The quantitative estimate of drug-likeness (QED) is 0.795. The molecule has 0 aliphatic carbocycles. The number of para-hydroxylation sites is 1. The number of pyridine rings is 1.